The lowest BCUT2D eigenvalue weighted by molar-refractivity contribution is 0.322. The predicted molar refractivity (Wildman–Crippen MR) is 84.5 cm³/mol. The van der Waals surface area contributed by atoms with Crippen LogP contribution in [0.25, 0.3) is 0 Å². The van der Waals surface area contributed by atoms with Crippen LogP contribution in [0.3, 0.4) is 0 Å². The molecule has 1 aromatic carbocycles. The molecule has 0 saturated heterocycles. The molecule has 6 nitrogen and oxygen atoms in total. The van der Waals surface area contributed by atoms with Crippen molar-refractivity contribution in [2.24, 2.45) is 10.7 Å². The standard InChI is InChI=1S/C15H23N3O3/c1-5-9-17-15(16)18-10-8-11-6-7-12(19-2)14(21-4)13(11)20-3/h5-7H,1,8-10H2,2-4H3,(H3,16,17,18). The summed E-state index contributed by atoms with van der Waals surface area (Å²) in [6.45, 7) is 4.74. The molecule has 0 aliphatic rings. The molecule has 0 radical (unpaired) electrons. The maximum atomic E-state index is 5.71. The molecule has 6 heteroatoms. The Kier molecular flexibility index (Phi) is 6.94. The molecule has 21 heavy (non-hydrogen) atoms. The maximum Gasteiger partial charge on any atom is 0.203 e. The summed E-state index contributed by atoms with van der Waals surface area (Å²) in [4.78, 5) is 4.24. The number of benzene rings is 1. The summed E-state index contributed by atoms with van der Waals surface area (Å²) in [6, 6.07) is 3.78. The number of nitrogens with two attached hydrogens (primary N) is 1. The van der Waals surface area contributed by atoms with Gasteiger partial charge in [0.25, 0.3) is 0 Å². The fourth-order valence-electron chi connectivity index (χ4n) is 1.89. The largest absolute Gasteiger partial charge is 0.493 e. The molecule has 0 spiro atoms. The van der Waals surface area contributed by atoms with Crippen molar-refractivity contribution in [3.8, 4) is 17.2 Å². The first-order valence-corrected chi connectivity index (χ1v) is 6.60. The zero-order valence-electron chi connectivity index (χ0n) is 12.8. The Labute approximate surface area is 125 Å². The third-order valence-electron chi connectivity index (χ3n) is 2.88. The predicted octanol–water partition coefficient (Wildman–Crippen LogP) is 1.35. The lowest BCUT2D eigenvalue weighted by atomic mass is 10.1. The van der Waals surface area contributed by atoms with Gasteiger partial charge in [0.15, 0.2) is 17.5 Å². The van der Waals surface area contributed by atoms with E-state index in [-0.39, 0.29) is 0 Å². The average Bonchev–Trinajstić information content (AvgIpc) is 2.51. The Morgan fingerprint density at radius 2 is 1.95 bits per heavy atom. The Balaban J connectivity index is 2.81. The molecule has 0 amide bonds. The summed E-state index contributed by atoms with van der Waals surface area (Å²) in [6.07, 6.45) is 2.40. The quantitative estimate of drug-likeness (QED) is 0.430. The minimum Gasteiger partial charge on any atom is -0.493 e. The van der Waals surface area contributed by atoms with Gasteiger partial charge in [0.2, 0.25) is 5.75 Å². The normalized spacial score (nSPS) is 10.9. The number of nitrogens with zero attached hydrogens (tertiary/aromatic N) is 1. The van der Waals surface area contributed by atoms with E-state index < -0.39 is 0 Å². The molecule has 116 valence electrons. The summed E-state index contributed by atoms with van der Waals surface area (Å²) >= 11 is 0. The molecule has 0 unspecified atom stereocenters. The van der Waals surface area contributed by atoms with Crippen LogP contribution in [0.5, 0.6) is 17.2 Å². The second-order valence-corrected chi connectivity index (χ2v) is 4.18. The number of rotatable bonds is 8. The van der Waals surface area contributed by atoms with Crippen molar-refractivity contribution in [2.75, 3.05) is 34.4 Å². The first kappa shape index (κ1) is 16.7. The number of guanidine groups is 1. The zero-order chi connectivity index (χ0) is 15.7. The minimum absolute atomic E-state index is 0.398. The first-order valence-electron chi connectivity index (χ1n) is 6.60. The van der Waals surface area contributed by atoms with Gasteiger partial charge < -0.3 is 25.3 Å². The molecule has 0 aliphatic heterocycles. The molecule has 0 heterocycles. The van der Waals surface area contributed by atoms with E-state index in [0.717, 1.165) is 5.56 Å². The molecule has 0 atom stereocenters. The van der Waals surface area contributed by atoms with E-state index in [9.17, 15) is 0 Å². The topological polar surface area (TPSA) is 78.1 Å². The summed E-state index contributed by atoms with van der Waals surface area (Å²) in [5.41, 5.74) is 6.69. The van der Waals surface area contributed by atoms with Gasteiger partial charge in [-0.1, -0.05) is 12.1 Å². The Morgan fingerprint density at radius 1 is 1.24 bits per heavy atom. The van der Waals surface area contributed by atoms with Gasteiger partial charge in [-0.3, -0.25) is 4.99 Å². The van der Waals surface area contributed by atoms with Gasteiger partial charge in [0.05, 0.1) is 21.3 Å². The number of ether oxygens (including phenoxy) is 3. The van der Waals surface area contributed by atoms with Crippen LogP contribution in [0.1, 0.15) is 5.56 Å². The molecule has 0 fully saturated rings. The summed E-state index contributed by atoms with van der Waals surface area (Å²) in [7, 11) is 4.77. The lowest BCUT2D eigenvalue weighted by Gasteiger charge is -2.15. The Hall–Kier alpha value is -2.37. The summed E-state index contributed by atoms with van der Waals surface area (Å²) in [5, 5.41) is 2.92. The van der Waals surface area contributed by atoms with Crippen LogP contribution in [0, 0.1) is 0 Å². The highest BCUT2D eigenvalue weighted by atomic mass is 16.5. The summed E-state index contributed by atoms with van der Waals surface area (Å²) < 4.78 is 16.0. The van der Waals surface area contributed by atoms with E-state index in [1.54, 1.807) is 27.4 Å². The van der Waals surface area contributed by atoms with Crippen molar-refractivity contribution in [1.29, 1.82) is 0 Å². The van der Waals surface area contributed by atoms with Crippen molar-refractivity contribution in [1.82, 2.24) is 5.32 Å². The van der Waals surface area contributed by atoms with Gasteiger partial charge in [-0.2, -0.15) is 0 Å². The van der Waals surface area contributed by atoms with Gasteiger partial charge in [-0.25, -0.2) is 0 Å². The van der Waals surface area contributed by atoms with Crippen molar-refractivity contribution >= 4 is 5.96 Å². The second-order valence-electron chi connectivity index (χ2n) is 4.18. The van der Waals surface area contributed by atoms with Gasteiger partial charge >= 0.3 is 0 Å². The fourth-order valence-corrected chi connectivity index (χ4v) is 1.89. The SMILES string of the molecule is C=CCNC(N)=NCCc1ccc(OC)c(OC)c1OC. The maximum absolute atomic E-state index is 5.71. The van der Waals surface area contributed by atoms with E-state index >= 15 is 0 Å². The summed E-state index contributed by atoms with van der Waals surface area (Å²) in [5.74, 6) is 2.27. The molecule has 0 aliphatic carbocycles. The highest BCUT2D eigenvalue weighted by Gasteiger charge is 2.15. The van der Waals surface area contributed by atoms with E-state index in [2.05, 4.69) is 16.9 Å². The first-order chi connectivity index (χ1) is 10.2. The number of hydrogen-bond acceptors (Lipinski definition) is 4. The third kappa shape index (κ3) is 4.59. The van der Waals surface area contributed by atoms with E-state index in [0.29, 0.717) is 42.7 Å². The van der Waals surface area contributed by atoms with Gasteiger partial charge in [0, 0.05) is 18.7 Å². The second kappa shape index (κ2) is 8.73. The molecule has 3 N–H and O–H groups in total. The monoisotopic (exact) mass is 293 g/mol. The molecule has 0 saturated carbocycles. The van der Waals surface area contributed by atoms with Crippen LogP contribution < -0.4 is 25.3 Å². The average molecular weight is 293 g/mol. The third-order valence-corrected chi connectivity index (χ3v) is 2.88. The lowest BCUT2D eigenvalue weighted by Crippen LogP contribution is -2.31. The van der Waals surface area contributed by atoms with Crippen molar-refractivity contribution in [2.45, 2.75) is 6.42 Å². The highest BCUT2D eigenvalue weighted by Crippen LogP contribution is 2.39. The number of nitrogens with one attached hydrogen (secondary N) is 1. The van der Waals surface area contributed by atoms with E-state index in [4.69, 9.17) is 19.9 Å². The fraction of sp³-hybridized carbons (Fsp3) is 0.400. The van der Waals surface area contributed by atoms with Gasteiger partial charge in [-0.15, -0.1) is 6.58 Å². The van der Waals surface area contributed by atoms with Crippen molar-refractivity contribution < 1.29 is 14.2 Å². The van der Waals surface area contributed by atoms with E-state index in [1.165, 1.54) is 0 Å². The molecule has 0 bridgehead atoms. The minimum atomic E-state index is 0.398. The van der Waals surface area contributed by atoms with Crippen LogP contribution in [-0.2, 0) is 6.42 Å². The number of methoxy groups -OCH3 is 3. The van der Waals surface area contributed by atoms with Crippen LogP contribution in [-0.4, -0.2) is 40.4 Å². The van der Waals surface area contributed by atoms with Gasteiger partial charge in [-0.05, 0) is 12.5 Å². The smallest absolute Gasteiger partial charge is 0.203 e. The highest BCUT2D eigenvalue weighted by molar-refractivity contribution is 5.77. The molecule has 0 aromatic heterocycles. The number of aliphatic imine (C=N–C) groups is 1. The number of hydrogen-bond donors (Lipinski definition) is 2. The van der Waals surface area contributed by atoms with Crippen LogP contribution in [0.2, 0.25) is 0 Å². The molecule has 1 aromatic rings. The molecule has 1 rings (SSSR count). The van der Waals surface area contributed by atoms with Crippen LogP contribution >= 0.6 is 0 Å². The Bertz CT molecular complexity index is 501. The zero-order valence-corrected chi connectivity index (χ0v) is 12.8. The Morgan fingerprint density at radius 3 is 2.52 bits per heavy atom. The van der Waals surface area contributed by atoms with Crippen molar-refractivity contribution in [3.63, 3.8) is 0 Å². The van der Waals surface area contributed by atoms with Crippen LogP contribution in [0.4, 0.5) is 0 Å². The van der Waals surface area contributed by atoms with E-state index in [1.807, 2.05) is 12.1 Å². The molecular formula is C15H23N3O3. The van der Waals surface area contributed by atoms with Crippen LogP contribution in [0.15, 0.2) is 29.8 Å². The molecular weight excluding hydrogens is 270 g/mol. The van der Waals surface area contributed by atoms with Gasteiger partial charge in [0.1, 0.15) is 0 Å². The van der Waals surface area contributed by atoms with Crippen molar-refractivity contribution in [3.05, 3.63) is 30.4 Å².